The molecule has 2 rings (SSSR count). The molecule has 0 spiro atoms. The van der Waals surface area contributed by atoms with Gasteiger partial charge in [-0.25, -0.2) is 47.5 Å². The molecule has 0 fully saturated rings. The van der Waals surface area contributed by atoms with Crippen LogP contribution in [-0.2, 0) is 24.4 Å². The Bertz CT molecular complexity index is 1450. The highest BCUT2D eigenvalue weighted by molar-refractivity contribution is 5.88. The first-order valence-electron chi connectivity index (χ1n) is 16.3. The summed E-state index contributed by atoms with van der Waals surface area (Å²) in [6, 6.07) is 3.27. The topological polar surface area (TPSA) is 208 Å². The number of pyridine rings is 1. The molecule has 0 unspecified atom stereocenters. The fourth-order valence-electron chi connectivity index (χ4n) is 4.93. The Kier molecular flexibility index (Phi) is 18.0. The summed E-state index contributed by atoms with van der Waals surface area (Å²) in [6.07, 6.45) is 8.20. The molecule has 0 radical (unpaired) electrons. The van der Waals surface area contributed by atoms with Crippen molar-refractivity contribution in [3.8, 4) is 0 Å². The lowest BCUT2D eigenvalue weighted by molar-refractivity contribution is 0.171. The van der Waals surface area contributed by atoms with Crippen LogP contribution < -0.4 is 38.3 Å². The predicted molar refractivity (Wildman–Crippen MR) is 177 cm³/mol. The highest BCUT2D eigenvalue weighted by atomic mass is 16.5. The number of hydrogen-bond acceptors (Lipinski definition) is 8. The maximum atomic E-state index is 13.3. The van der Waals surface area contributed by atoms with Crippen LogP contribution >= 0.6 is 0 Å². The van der Waals surface area contributed by atoms with Crippen molar-refractivity contribution >= 4 is 24.0 Å². The third kappa shape index (κ3) is 15.0. The van der Waals surface area contributed by atoms with Crippen LogP contribution in [0, 0.1) is 6.92 Å². The molecule has 0 bridgehead atoms. The lowest BCUT2D eigenvalue weighted by Gasteiger charge is -2.14. The smallest absolute Gasteiger partial charge is 0.406 e. The largest absolute Gasteiger partial charge is 0.465 e. The molecule has 0 saturated heterocycles. The van der Waals surface area contributed by atoms with Crippen LogP contribution in [0.15, 0.2) is 32.7 Å². The van der Waals surface area contributed by atoms with E-state index in [9.17, 15) is 28.8 Å². The van der Waals surface area contributed by atoms with Crippen molar-refractivity contribution in [2.75, 3.05) is 32.1 Å². The Hall–Kier alpha value is -4.63. The van der Waals surface area contributed by atoms with E-state index in [1.165, 1.54) is 7.11 Å². The zero-order valence-corrected chi connectivity index (χ0v) is 27.6. The number of methoxy groups -OCH3 is 1. The number of unbranched alkanes of at least 4 members (excludes halogenated alkanes) is 9. The SMILES string of the molecule is COC(=O)NCCCCCCn1c(=O)n(CCCCCCNC(=O)O)c(=O)n(CCCCCCNC(=O)Nc2cc(C)ccn2)c1=O. The molecule has 0 aliphatic rings. The number of carboxylic acid groups (broad SMARTS) is 1. The molecule has 2 heterocycles. The molecular weight excluding hydrogens is 612 g/mol. The normalized spacial score (nSPS) is 10.8. The molecule has 5 N–H and O–H groups in total. The average molecular weight is 663 g/mol. The maximum Gasteiger partial charge on any atom is 0.406 e. The molecular formula is C31H50N8O8. The lowest BCUT2D eigenvalue weighted by atomic mass is 10.2. The van der Waals surface area contributed by atoms with Gasteiger partial charge in [-0.2, -0.15) is 0 Å². The molecule has 0 atom stereocenters. The number of ether oxygens (including phenoxy) is 1. The van der Waals surface area contributed by atoms with E-state index in [0.29, 0.717) is 64.0 Å². The van der Waals surface area contributed by atoms with Gasteiger partial charge in [-0.1, -0.05) is 38.5 Å². The number of nitrogens with zero attached hydrogens (tertiary/aromatic N) is 4. The summed E-state index contributed by atoms with van der Waals surface area (Å²) < 4.78 is 7.94. The number of alkyl carbamates (subject to hydrolysis) is 1. The summed E-state index contributed by atoms with van der Waals surface area (Å²) in [5, 5.41) is 19.1. The van der Waals surface area contributed by atoms with Gasteiger partial charge in [0.15, 0.2) is 0 Å². The second kappa shape index (κ2) is 22.0. The number of nitrogens with one attached hydrogen (secondary N) is 4. The summed E-state index contributed by atoms with van der Waals surface area (Å²) in [6.45, 7) is 3.68. The number of amides is 4. The number of anilines is 1. The Morgan fingerprint density at radius 1 is 0.702 bits per heavy atom. The molecule has 4 amide bonds. The zero-order chi connectivity index (χ0) is 34.4. The summed E-state index contributed by atoms with van der Waals surface area (Å²) in [4.78, 5) is 77.8. The van der Waals surface area contributed by atoms with Crippen LogP contribution in [0.1, 0.15) is 82.6 Å². The van der Waals surface area contributed by atoms with Gasteiger partial charge in [-0.05, 0) is 63.1 Å². The van der Waals surface area contributed by atoms with E-state index in [2.05, 4.69) is 31.0 Å². The molecule has 0 aliphatic heterocycles. The van der Waals surface area contributed by atoms with Crippen LogP contribution in [-0.4, -0.2) is 68.8 Å². The number of carbonyl (C=O) groups excluding carboxylic acids is 2. The standard InChI is InChI=1S/C31H50N8O8/c1-24-15-19-32-25(23-24)36-26(40)33-16-9-3-6-12-20-37-29(44)38(21-13-7-4-10-17-34-27(41)42)31(46)39(30(37)45)22-14-8-5-11-18-35-28(43)47-2/h15,19,23,34H,3-14,16-18,20-22H2,1-2H3,(H,35,43)(H,41,42)(H2,32,33,36,40). The Labute approximate surface area is 273 Å². The van der Waals surface area contributed by atoms with E-state index in [0.717, 1.165) is 57.8 Å². The van der Waals surface area contributed by atoms with Crippen molar-refractivity contribution in [1.29, 1.82) is 0 Å². The Morgan fingerprint density at radius 2 is 1.15 bits per heavy atom. The molecule has 2 aromatic heterocycles. The third-order valence-corrected chi connectivity index (χ3v) is 7.48. The van der Waals surface area contributed by atoms with Crippen LogP contribution in [0.2, 0.25) is 0 Å². The van der Waals surface area contributed by atoms with E-state index < -0.39 is 29.3 Å². The molecule has 16 nitrogen and oxygen atoms in total. The second-order valence-electron chi connectivity index (χ2n) is 11.3. The minimum Gasteiger partial charge on any atom is -0.465 e. The van der Waals surface area contributed by atoms with E-state index in [-0.39, 0.29) is 25.7 Å². The first kappa shape index (κ1) is 38.6. The van der Waals surface area contributed by atoms with Gasteiger partial charge in [0.05, 0.1) is 7.11 Å². The van der Waals surface area contributed by atoms with Gasteiger partial charge in [0.25, 0.3) is 0 Å². The zero-order valence-electron chi connectivity index (χ0n) is 27.6. The number of hydrogen-bond donors (Lipinski definition) is 5. The van der Waals surface area contributed by atoms with Gasteiger partial charge in [0, 0.05) is 45.5 Å². The molecule has 262 valence electrons. The van der Waals surface area contributed by atoms with E-state index in [4.69, 9.17) is 5.11 Å². The number of carbonyl (C=O) groups is 3. The number of aryl methyl sites for hydroxylation is 1. The minimum absolute atomic E-state index is 0.162. The Morgan fingerprint density at radius 3 is 1.60 bits per heavy atom. The predicted octanol–water partition coefficient (Wildman–Crippen LogP) is 3.00. The van der Waals surface area contributed by atoms with Crippen molar-refractivity contribution in [3.63, 3.8) is 0 Å². The fourth-order valence-corrected chi connectivity index (χ4v) is 4.93. The van der Waals surface area contributed by atoms with Gasteiger partial charge in [-0.3, -0.25) is 5.32 Å². The van der Waals surface area contributed by atoms with Crippen molar-refractivity contribution in [3.05, 3.63) is 55.3 Å². The molecule has 16 heteroatoms. The molecule has 0 aliphatic carbocycles. The summed E-state index contributed by atoms with van der Waals surface area (Å²) in [5.74, 6) is 0.473. The van der Waals surface area contributed by atoms with Crippen LogP contribution in [0.4, 0.5) is 20.2 Å². The average Bonchev–Trinajstić information content (AvgIpc) is 3.03. The third-order valence-electron chi connectivity index (χ3n) is 7.48. The Balaban J connectivity index is 1.92. The van der Waals surface area contributed by atoms with Crippen molar-refractivity contribution in [2.24, 2.45) is 0 Å². The van der Waals surface area contributed by atoms with Crippen LogP contribution in [0.3, 0.4) is 0 Å². The maximum absolute atomic E-state index is 13.3. The number of urea groups is 1. The van der Waals surface area contributed by atoms with Gasteiger partial charge >= 0.3 is 35.3 Å². The first-order chi connectivity index (χ1) is 22.6. The van der Waals surface area contributed by atoms with Crippen LogP contribution in [0.25, 0.3) is 0 Å². The number of aromatic nitrogens is 4. The highest BCUT2D eigenvalue weighted by Crippen LogP contribution is 2.06. The number of rotatable bonds is 22. The molecule has 0 saturated carbocycles. The van der Waals surface area contributed by atoms with Crippen LogP contribution in [0.5, 0.6) is 0 Å². The van der Waals surface area contributed by atoms with Gasteiger partial charge < -0.3 is 25.8 Å². The van der Waals surface area contributed by atoms with Gasteiger partial charge in [0.2, 0.25) is 0 Å². The van der Waals surface area contributed by atoms with E-state index in [1.54, 1.807) is 12.3 Å². The van der Waals surface area contributed by atoms with Crippen molar-refractivity contribution in [2.45, 2.75) is 104 Å². The summed E-state index contributed by atoms with van der Waals surface area (Å²) >= 11 is 0. The van der Waals surface area contributed by atoms with E-state index >= 15 is 0 Å². The van der Waals surface area contributed by atoms with Gasteiger partial charge in [-0.15, -0.1) is 0 Å². The fraction of sp³-hybridized carbons (Fsp3) is 0.645. The summed E-state index contributed by atoms with van der Waals surface area (Å²) in [5.41, 5.74) is -0.880. The lowest BCUT2D eigenvalue weighted by Crippen LogP contribution is -2.54. The molecule has 0 aromatic carbocycles. The van der Waals surface area contributed by atoms with E-state index in [1.807, 2.05) is 13.0 Å². The summed E-state index contributed by atoms with van der Waals surface area (Å²) in [7, 11) is 1.30. The van der Waals surface area contributed by atoms with Gasteiger partial charge in [0.1, 0.15) is 5.82 Å². The highest BCUT2D eigenvalue weighted by Gasteiger charge is 2.15. The second-order valence-corrected chi connectivity index (χ2v) is 11.3. The first-order valence-corrected chi connectivity index (χ1v) is 16.3. The minimum atomic E-state index is -1.08. The molecule has 2 aromatic rings. The monoisotopic (exact) mass is 662 g/mol. The quantitative estimate of drug-likeness (QED) is 0.117. The van der Waals surface area contributed by atoms with Crippen molar-refractivity contribution in [1.82, 2.24) is 34.6 Å². The molecule has 47 heavy (non-hydrogen) atoms. The van der Waals surface area contributed by atoms with Crippen molar-refractivity contribution < 1.29 is 24.2 Å².